The van der Waals surface area contributed by atoms with Gasteiger partial charge in [0.15, 0.2) is 0 Å². The van der Waals surface area contributed by atoms with Gasteiger partial charge >= 0.3 is 0 Å². The molecule has 0 aromatic carbocycles. The number of hydrogen-bond acceptors (Lipinski definition) is 3. The number of aliphatic hydroxyl groups is 1. The molecule has 2 heterocycles. The third-order valence-electron chi connectivity index (χ3n) is 3.76. The van der Waals surface area contributed by atoms with Crippen LogP contribution in [0.3, 0.4) is 0 Å². The number of piperidine rings is 1. The van der Waals surface area contributed by atoms with E-state index in [-0.39, 0.29) is 6.61 Å². The van der Waals surface area contributed by atoms with E-state index in [1.165, 1.54) is 31.6 Å². The summed E-state index contributed by atoms with van der Waals surface area (Å²) >= 11 is 0. The number of aliphatic hydroxyl groups excluding tert-OH is 1. The van der Waals surface area contributed by atoms with Gasteiger partial charge in [-0.25, -0.2) is 4.98 Å². The highest BCUT2D eigenvalue weighted by atomic mass is 16.3. The summed E-state index contributed by atoms with van der Waals surface area (Å²) in [5.74, 6) is 0.610. The van der Waals surface area contributed by atoms with Crippen LogP contribution in [0.25, 0.3) is 0 Å². The Labute approximate surface area is 103 Å². The average Bonchev–Trinajstić information content (AvgIpc) is 2.78. The maximum Gasteiger partial charge on any atom is 0.0949 e. The maximum absolute atomic E-state index is 9.02. The third-order valence-corrected chi connectivity index (χ3v) is 3.76. The monoisotopic (exact) mass is 237 g/mol. The van der Waals surface area contributed by atoms with Gasteiger partial charge in [0.1, 0.15) is 0 Å². The first-order valence-electron chi connectivity index (χ1n) is 6.57. The van der Waals surface area contributed by atoms with Crippen LogP contribution >= 0.6 is 0 Å². The van der Waals surface area contributed by atoms with Crippen LogP contribution < -0.4 is 0 Å². The van der Waals surface area contributed by atoms with E-state index >= 15 is 0 Å². The predicted molar refractivity (Wildman–Crippen MR) is 68.0 cm³/mol. The third kappa shape index (κ3) is 2.87. The topological polar surface area (TPSA) is 41.3 Å². The standard InChI is InChI=1S/C13H23N3O/c1-11(2)15-5-3-12(4-6-15)13-9-14-10-16(13)7-8-17/h9-12,17H,3-8H2,1-2H3. The molecule has 96 valence electrons. The minimum Gasteiger partial charge on any atom is -0.395 e. The van der Waals surface area contributed by atoms with Crippen molar-refractivity contribution < 1.29 is 5.11 Å². The van der Waals surface area contributed by atoms with E-state index in [1.54, 1.807) is 0 Å². The van der Waals surface area contributed by atoms with E-state index in [0.29, 0.717) is 18.5 Å². The molecule has 1 aliphatic rings. The van der Waals surface area contributed by atoms with Crippen LogP contribution in [0.5, 0.6) is 0 Å². The van der Waals surface area contributed by atoms with Crippen molar-refractivity contribution >= 4 is 0 Å². The Morgan fingerprint density at radius 1 is 1.41 bits per heavy atom. The Bertz CT molecular complexity index is 340. The summed E-state index contributed by atoms with van der Waals surface area (Å²) in [6, 6.07) is 0.651. The number of imidazole rings is 1. The summed E-state index contributed by atoms with van der Waals surface area (Å²) in [4.78, 5) is 6.74. The highest BCUT2D eigenvalue weighted by molar-refractivity contribution is 5.08. The minimum atomic E-state index is 0.189. The lowest BCUT2D eigenvalue weighted by Crippen LogP contribution is -2.38. The Balaban J connectivity index is 1.98. The molecule has 0 saturated carbocycles. The summed E-state index contributed by atoms with van der Waals surface area (Å²) in [6.07, 6.45) is 6.20. The summed E-state index contributed by atoms with van der Waals surface area (Å²) < 4.78 is 2.09. The van der Waals surface area contributed by atoms with E-state index in [4.69, 9.17) is 5.11 Å². The van der Waals surface area contributed by atoms with Crippen LogP contribution in [0.2, 0.25) is 0 Å². The lowest BCUT2D eigenvalue weighted by molar-refractivity contribution is 0.169. The highest BCUT2D eigenvalue weighted by Crippen LogP contribution is 2.28. The van der Waals surface area contributed by atoms with Crippen LogP contribution in [0.1, 0.15) is 38.3 Å². The quantitative estimate of drug-likeness (QED) is 0.862. The molecule has 1 N–H and O–H groups in total. The zero-order valence-electron chi connectivity index (χ0n) is 10.8. The predicted octanol–water partition coefficient (Wildman–Crippen LogP) is 1.46. The van der Waals surface area contributed by atoms with Crippen LogP contribution in [-0.2, 0) is 6.54 Å². The molecule has 17 heavy (non-hydrogen) atoms. The molecular weight excluding hydrogens is 214 g/mol. The smallest absolute Gasteiger partial charge is 0.0949 e. The van der Waals surface area contributed by atoms with E-state index in [1.807, 2.05) is 12.5 Å². The SMILES string of the molecule is CC(C)N1CCC(c2cncn2CCO)CC1. The van der Waals surface area contributed by atoms with Gasteiger partial charge in [-0.05, 0) is 39.8 Å². The average molecular weight is 237 g/mol. The van der Waals surface area contributed by atoms with Crippen molar-refractivity contribution in [1.29, 1.82) is 0 Å². The molecule has 1 saturated heterocycles. The van der Waals surface area contributed by atoms with Crippen LogP contribution in [0.4, 0.5) is 0 Å². The van der Waals surface area contributed by atoms with Gasteiger partial charge in [0.2, 0.25) is 0 Å². The number of rotatable bonds is 4. The second-order valence-electron chi connectivity index (χ2n) is 5.14. The molecule has 0 unspecified atom stereocenters. The second-order valence-corrected chi connectivity index (χ2v) is 5.14. The molecule has 0 spiro atoms. The molecule has 1 aromatic heterocycles. The van der Waals surface area contributed by atoms with E-state index in [2.05, 4.69) is 28.3 Å². The fourth-order valence-electron chi connectivity index (χ4n) is 2.68. The van der Waals surface area contributed by atoms with Crippen LogP contribution in [0, 0.1) is 0 Å². The van der Waals surface area contributed by atoms with Gasteiger partial charge in [0.25, 0.3) is 0 Å². The first-order valence-corrected chi connectivity index (χ1v) is 6.57. The van der Waals surface area contributed by atoms with Crippen molar-refractivity contribution in [1.82, 2.24) is 14.5 Å². The van der Waals surface area contributed by atoms with Gasteiger partial charge in [-0.1, -0.05) is 0 Å². The molecule has 4 nitrogen and oxygen atoms in total. The lowest BCUT2D eigenvalue weighted by atomic mass is 9.93. The molecule has 0 atom stereocenters. The Hall–Kier alpha value is -0.870. The number of likely N-dealkylation sites (tertiary alicyclic amines) is 1. The molecular formula is C13H23N3O. The van der Waals surface area contributed by atoms with Gasteiger partial charge in [0.05, 0.1) is 12.9 Å². The van der Waals surface area contributed by atoms with Gasteiger partial charge < -0.3 is 14.6 Å². The Kier molecular flexibility index (Phi) is 4.18. The zero-order chi connectivity index (χ0) is 12.3. The summed E-state index contributed by atoms with van der Waals surface area (Å²) in [5.41, 5.74) is 1.29. The molecule has 4 heteroatoms. The molecule has 1 aliphatic heterocycles. The van der Waals surface area contributed by atoms with Crippen LogP contribution in [-0.4, -0.2) is 45.3 Å². The number of aromatic nitrogens is 2. The van der Waals surface area contributed by atoms with E-state index in [0.717, 1.165) is 0 Å². The van der Waals surface area contributed by atoms with Gasteiger partial charge in [-0.3, -0.25) is 0 Å². The van der Waals surface area contributed by atoms with Crippen molar-refractivity contribution in [2.75, 3.05) is 19.7 Å². The lowest BCUT2D eigenvalue weighted by Gasteiger charge is -2.34. The Morgan fingerprint density at radius 3 is 2.71 bits per heavy atom. The molecule has 1 aromatic rings. The second kappa shape index (κ2) is 5.65. The van der Waals surface area contributed by atoms with Gasteiger partial charge in [-0.15, -0.1) is 0 Å². The van der Waals surface area contributed by atoms with E-state index in [9.17, 15) is 0 Å². The van der Waals surface area contributed by atoms with Crippen molar-refractivity contribution in [3.63, 3.8) is 0 Å². The summed E-state index contributed by atoms with van der Waals surface area (Å²) in [7, 11) is 0. The first kappa shape index (κ1) is 12.6. The number of nitrogens with zero attached hydrogens (tertiary/aromatic N) is 3. The normalized spacial score (nSPS) is 19.1. The zero-order valence-corrected chi connectivity index (χ0v) is 10.8. The molecule has 1 fully saturated rings. The van der Waals surface area contributed by atoms with Crippen molar-refractivity contribution in [3.8, 4) is 0 Å². The largest absolute Gasteiger partial charge is 0.395 e. The fraction of sp³-hybridized carbons (Fsp3) is 0.769. The number of hydrogen-bond donors (Lipinski definition) is 1. The Morgan fingerprint density at radius 2 is 2.12 bits per heavy atom. The molecule has 2 rings (SSSR count). The van der Waals surface area contributed by atoms with Crippen LogP contribution in [0.15, 0.2) is 12.5 Å². The fourth-order valence-corrected chi connectivity index (χ4v) is 2.68. The van der Waals surface area contributed by atoms with Crippen molar-refractivity contribution in [2.45, 2.75) is 45.2 Å². The molecule has 0 bridgehead atoms. The van der Waals surface area contributed by atoms with Gasteiger partial charge in [0, 0.05) is 30.4 Å². The first-order chi connectivity index (χ1) is 8.22. The molecule has 0 aliphatic carbocycles. The highest BCUT2D eigenvalue weighted by Gasteiger charge is 2.23. The maximum atomic E-state index is 9.02. The minimum absolute atomic E-state index is 0.189. The van der Waals surface area contributed by atoms with Crippen molar-refractivity contribution in [3.05, 3.63) is 18.2 Å². The van der Waals surface area contributed by atoms with E-state index < -0.39 is 0 Å². The molecule has 0 radical (unpaired) electrons. The summed E-state index contributed by atoms with van der Waals surface area (Å²) in [6.45, 7) is 7.72. The molecule has 0 amide bonds. The van der Waals surface area contributed by atoms with Crippen molar-refractivity contribution in [2.24, 2.45) is 0 Å². The summed E-state index contributed by atoms with van der Waals surface area (Å²) in [5, 5.41) is 9.02. The van der Waals surface area contributed by atoms with Gasteiger partial charge in [-0.2, -0.15) is 0 Å².